The molecule has 0 amide bonds. The third-order valence-corrected chi connectivity index (χ3v) is 8.20. The minimum atomic E-state index is -1.88. The summed E-state index contributed by atoms with van der Waals surface area (Å²) in [6.45, 7) is 14.7. The lowest BCUT2D eigenvalue weighted by Gasteiger charge is -2.41. The van der Waals surface area contributed by atoms with E-state index in [-0.39, 0.29) is 23.0 Å². The van der Waals surface area contributed by atoms with Gasteiger partial charge in [0.05, 0.1) is 6.10 Å². The fourth-order valence-electron chi connectivity index (χ4n) is 1.35. The highest BCUT2D eigenvalue weighted by Crippen LogP contribution is 2.38. The first-order chi connectivity index (χ1) is 7.56. The molecule has 17 heavy (non-hydrogen) atoms. The van der Waals surface area contributed by atoms with Gasteiger partial charge in [-0.3, -0.25) is 0 Å². The van der Waals surface area contributed by atoms with E-state index in [1.165, 1.54) is 0 Å². The quantitative estimate of drug-likeness (QED) is 0.426. The maximum Gasteiger partial charge on any atom is 0.192 e. The van der Waals surface area contributed by atoms with Gasteiger partial charge in [0.1, 0.15) is 6.29 Å². The molecule has 3 heteroatoms. The highest BCUT2D eigenvalue weighted by atomic mass is 28.4. The van der Waals surface area contributed by atoms with E-state index in [1.807, 2.05) is 13.8 Å². The summed E-state index contributed by atoms with van der Waals surface area (Å²) in [6, 6.07) is 0. The van der Waals surface area contributed by atoms with E-state index in [0.717, 1.165) is 6.29 Å². The molecular weight excluding hydrogens is 228 g/mol. The summed E-state index contributed by atoms with van der Waals surface area (Å²) >= 11 is 0. The van der Waals surface area contributed by atoms with Gasteiger partial charge in [-0.05, 0) is 25.1 Å². The zero-order valence-corrected chi connectivity index (χ0v) is 13.2. The average molecular weight is 254 g/mol. The molecule has 0 saturated carbocycles. The predicted octanol–water partition coefficient (Wildman–Crippen LogP) is 3.48. The summed E-state index contributed by atoms with van der Waals surface area (Å²) in [5, 5.41) is 0.127. The summed E-state index contributed by atoms with van der Waals surface area (Å²) in [4.78, 5) is 11.0. The molecule has 98 valence electrons. The van der Waals surface area contributed by atoms with Crippen LogP contribution >= 0.6 is 0 Å². The Bertz CT molecular complexity index is 296. The third kappa shape index (κ3) is 4.29. The van der Waals surface area contributed by atoms with Crippen molar-refractivity contribution in [1.29, 1.82) is 0 Å². The third-order valence-electron chi connectivity index (χ3n) is 3.73. The van der Waals surface area contributed by atoms with E-state index in [1.54, 1.807) is 0 Å². The molecule has 3 atom stereocenters. The molecule has 0 aromatic carbocycles. The minimum Gasteiger partial charge on any atom is -0.412 e. The second-order valence-corrected chi connectivity index (χ2v) is 11.0. The molecule has 0 spiro atoms. The average Bonchev–Trinajstić information content (AvgIpc) is 2.22. The molecule has 2 nitrogen and oxygen atoms in total. The van der Waals surface area contributed by atoms with Crippen molar-refractivity contribution in [2.75, 3.05) is 0 Å². The molecular formula is C14H26O2Si. The molecule has 0 aromatic heterocycles. The fraction of sp³-hybridized carbons (Fsp3) is 0.786. The van der Waals surface area contributed by atoms with E-state index >= 15 is 0 Å². The van der Waals surface area contributed by atoms with Gasteiger partial charge in [0.15, 0.2) is 8.32 Å². The van der Waals surface area contributed by atoms with Crippen molar-refractivity contribution in [3.05, 3.63) is 0 Å². The van der Waals surface area contributed by atoms with Gasteiger partial charge in [-0.15, -0.1) is 12.3 Å². The number of hydrogen-bond donors (Lipinski definition) is 0. The smallest absolute Gasteiger partial charge is 0.192 e. The van der Waals surface area contributed by atoms with Crippen molar-refractivity contribution in [3.8, 4) is 12.3 Å². The fourth-order valence-corrected chi connectivity index (χ4v) is 2.81. The van der Waals surface area contributed by atoms with Crippen molar-refractivity contribution in [2.45, 2.75) is 58.9 Å². The van der Waals surface area contributed by atoms with Crippen LogP contribution in [-0.2, 0) is 9.22 Å². The van der Waals surface area contributed by atoms with Crippen LogP contribution in [0.2, 0.25) is 18.1 Å². The van der Waals surface area contributed by atoms with Crippen molar-refractivity contribution in [1.82, 2.24) is 0 Å². The Hall–Kier alpha value is -0.593. The summed E-state index contributed by atoms with van der Waals surface area (Å²) in [5.41, 5.74) is 0. The molecule has 0 saturated heterocycles. The van der Waals surface area contributed by atoms with Crippen molar-refractivity contribution < 1.29 is 9.22 Å². The standard InChI is InChI=1S/C14H26O2Si/c1-9-11(2)13(12(3)10-15)16-17(7,8)14(4,5)6/h1,10-13H,2-8H3/t11?,12-,13-/m0/s1. The van der Waals surface area contributed by atoms with Crippen LogP contribution < -0.4 is 0 Å². The van der Waals surface area contributed by atoms with E-state index in [9.17, 15) is 4.79 Å². The second kappa shape index (κ2) is 5.84. The summed E-state index contributed by atoms with van der Waals surface area (Å²) in [7, 11) is -1.88. The first-order valence-electron chi connectivity index (χ1n) is 6.16. The van der Waals surface area contributed by atoms with Crippen LogP contribution in [0.1, 0.15) is 34.6 Å². The lowest BCUT2D eigenvalue weighted by molar-refractivity contribution is -0.113. The van der Waals surface area contributed by atoms with E-state index < -0.39 is 8.32 Å². The monoisotopic (exact) mass is 254 g/mol. The lowest BCUT2D eigenvalue weighted by atomic mass is 9.95. The van der Waals surface area contributed by atoms with E-state index in [2.05, 4.69) is 39.8 Å². The Balaban J connectivity index is 5.01. The predicted molar refractivity (Wildman–Crippen MR) is 75.3 cm³/mol. The molecule has 0 fully saturated rings. The van der Waals surface area contributed by atoms with Gasteiger partial charge in [0, 0.05) is 11.8 Å². The first kappa shape index (κ1) is 16.4. The highest BCUT2D eigenvalue weighted by molar-refractivity contribution is 6.74. The second-order valence-electron chi connectivity index (χ2n) is 6.29. The number of aldehydes is 1. The SMILES string of the molecule is C#CC(C)[C@H](O[Si](C)(C)C(C)(C)C)[C@@H](C)C=O. The number of hydrogen-bond acceptors (Lipinski definition) is 2. The van der Waals surface area contributed by atoms with Gasteiger partial charge < -0.3 is 9.22 Å². The highest BCUT2D eigenvalue weighted by Gasteiger charge is 2.41. The Kier molecular flexibility index (Phi) is 5.63. The Morgan fingerprint density at radius 1 is 1.29 bits per heavy atom. The summed E-state index contributed by atoms with van der Waals surface area (Å²) in [5.74, 6) is 2.50. The van der Waals surface area contributed by atoms with Crippen LogP contribution in [0.15, 0.2) is 0 Å². The molecule has 0 aliphatic rings. The van der Waals surface area contributed by atoms with E-state index in [4.69, 9.17) is 10.8 Å². The zero-order valence-electron chi connectivity index (χ0n) is 12.2. The van der Waals surface area contributed by atoms with Crippen LogP contribution in [0.5, 0.6) is 0 Å². The van der Waals surface area contributed by atoms with Crippen molar-refractivity contribution in [3.63, 3.8) is 0 Å². The minimum absolute atomic E-state index is 0.0377. The van der Waals surface area contributed by atoms with Gasteiger partial charge in [0.25, 0.3) is 0 Å². The summed E-state index contributed by atoms with van der Waals surface area (Å²) < 4.78 is 6.27. The van der Waals surface area contributed by atoms with Crippen LogP contribution in [0.25, 0.3) is 0 Å². The van der Waals surface area contributed by atoms with E-state index in [0.29, 0.717) is 0 Å². The topological polar surface area (TPSA) is 26.3 Å². The number of terminal acetylenes is 1. The van der Waals surface area contributed by atoms with Gasteiger partial charge >= 0.3 is 0 Å². The largest absolute Gasteiger partial charge is 0.412 e. The maximum absolute atomic E-state index is 11.0. The molecule has 0 rings (SSSR count). The molecule has 0 heterocycles. The molecule has 0 N–H and O–H groups in total. The molecule has 0 aromatic rings. The molecule has 0 radical (unpaired) electrons. The molecule has 0 aliphatic heterocycles. The van der Waals surface area contributed by atoms with Crippen LogP contribution in [0, 0.1) is 24.2 Å². The van der Waals surface area contributed by atoms with Gasteiger partial charge in [0.2, 0.25) is 0 Å². The number of rotatable bonds is 5. The Morgan fingerprint density at radius 2 is 1.76 bits per heavy atom. The lowest BCUT2D eigenvalue weighted by Crippen LogP contribution is -2.47. The van der Waals surface area contributed by atoms with Gasteiger partial charge in [-0.1, -0.05) is 27.7 Å². The Labute approximate surface area is 107 Å². The number of carbonyl (C=O) groups excluding carboxylic acids is 1. The van der Waals surface area contributed by atoms with Crippen LogP contribution in [0.4, 0.5) is 0 Å². The van der Waals surface area contributed by atoms with Crippen molar-refractivity contribution >= 4 is 14.6 Å². The molecule has 0 aliphatic carbocycles. The molecule has 1 unspecified atom stereocenters. The van der Waals surface area contributed by atoms with Gasteiger partial charge in [-0.25, -0.2) is 0 Å². The Morgan fingerprint density at radius 3 is 2.06 bits per heavy atom. The van der Waals surface area contributed by atoms with Crippen LogP contribution in [0.3, 0.4) is 0 Å². The van der Waals surface area contributed by atoms with Gasteiger partial charge in [-0.2, -0.15) is 0 Å². The first-order valence-corrected chi connectivity index (χ1v) is 9.07. The normalized spacial score (nSPS) is 18.0. The van der Waals surface area contributed by atoms with Crippen LogP contribution in [-0.4, -0.2) is 20.7 Å². The summed E-state index contributed by atoms with van der Waals surface area (Å²) in [6.07, 6.45) is 6.23. The van der Waals surface area contributed by atoms with Crippen molar-refractivity contribution in [2.24, 2.45) is 11.8 Å². The maximum atomic E-state index is 11.0. The number of carbonyl (C=O) groups is 1. The zero-order chi connectivity index (χ0) is 13.9. The molecule has 0 bridgehead atoms.